The van der Waals surface area contributed by atoms with Gasteiger partial charge in [0.1, 0.15) is 12.1 Å². The topological polar surface area (TPSA) is 95.6 Å². The maximum absolute atomic E-state index is 12.9. The molecule has 28 heavy (non-hydrogen) atoms. The summed E-state index contributed by atoms with van der Waals surface area (Å²) in [6.45, 7) is 2.53. The van der Waals surface area contributed by atoms with E-state index in [0.717, 1.165) is 4.90 Å². The number of nitrogens with zero attached hydrogens (tertiary/aromatic N) is 1. The van der Waals surface area contributed by atoms with E-state index in [1.165, 1.54) is 6.92 Å². The largest absolute Gasteiger partial charge is 0.325 e. The average Bonchev–Trinajstić information content (AvgIpc) is 2.86. The first-order valence-electron chi connectivity index (χ1n) is 8.53. The Morgan fingerprint density at radius 3 is 2.43 bits per heavy atom. The molecule has 1 fully saturated rings. The summed E-state index contributed by atoms with van der Waals surface area (Å²) in [4.78, 5) is 50.3. The molecule has 2 N–H and O–H groups in total. The molecule has 1 heterocycles. The second-order valence-electron chi connectivity index (χ2n) is 6.58. The van der Waals surface area contributed by atoms with Crippen LogP contribution in [0, 0.1) is 0 Å². The van der Waals surface area contributed by atoms with Gasteiger partial charge in [-0.2, -0.15) is 0 Å². The van der Waals surface area contributed by atoms with E-state index in [1.807, 2.05) is 0 Å². The molecule has 0 spiro atoms. The Labute approximate surface area is 170 Å². The van der Waals surface area contributed by atoms with Gasteiger partial charge >= 0.3 is 6.03 Å². The van der Waals surface area contributed by atoms with E-state index in [-0.39, 0.29) is 5.78 Å². The van der Waals surface area contributed by atoms with E-state index in [1.54, 1.807) is 55.5 Å². The number of hydrogen-bond donors (Lipinski definition) is 2. The van der Waals surface area contributed by atoms with Crippen molar-refractivity contribution in [3.63, 3.8) is 0 Å². The van der Waals surface area contributed by atoms with Gasteiger partial charge in [-0.05, 0) is 32.0 Å². The molecule has 2 aromatic carbocycles. The number of nitrogens with one attached hydrogen (secondary N) is 2. The summed E-state index contributed by atoms with van der Waals surface area (Å²) in [6, 6.07) is 13.0. The summed E-state index contributed by atoms with van der Waals surface area (Å²) < 4.78 is 0.674. The van der Waals surface area contributed by atoms with Crippen molar-refractivity contribution in [3.05, 3.63) is 64.1 Å². The summed E-state index contributed by atoms with van der Waals surface area (Å²) in [6.07, 6.45) is 0. The number of urea groups is 1. The van der Waals surface area contributed by atoms with Gasteiger partial charge in [0, 0.05) is 15.6 Å². The first kappa shape index (κ1) is 19.8. The maximum Gasteiger partial charge on any atom is 0.325 e. The summed E-state index contributed by atoms with van der Waals surface area (Å²) in [5.74, 6) is -1.31. The Morgan fingerprint density at radius 1 is 1.11 bits per heavy atom. The molecule has 8 heteroatoms. The van der Waals surface area contributed by atoms with Gasteiger partial charge < -0.3 is 10.6 Å². The van der Waals surface area contributed by atoms with Crippen molar-refractivity contribution in [1.29, 1.82) is 0 Å². The zero-order valence-corrected chi connectivity index (χ0v) is 16.9. The van der Waals surface area contributed by atoms with E-state index in [9.17, 15) is 19.2 Å². The van der Waals surface area contributed by atoms with Gasteiger partial charge in [-0.3, -0.25) is 19.3 Å². The molecule has 1 saturated heterocycles. The van der Waals surface area contributed by atoms with E-state index in [0.29, 0.717) is 21.3 Å². The third-order valence-electron chi connectivity index (χ3n) is 4.57. The van der Waals surface area contributed by atoms with Crippen LogP contribution in [0.5, 0.6) is 0 Å². The van der Waals surface area contributed by atoms with Crippen LogP contribution >= 0.6 is 15.9 Å². The molecule has 0 aliphatic carbocycles. The first-order valence-corrected chi connectivity index (χ1v) is 9.32. The third-order valence-corrected chi connectivity index (χ3v) is 5.26. The highest BCUT2D eigenvalue weighted by molar-refractivity contribution is 9.10. The Kier molecular flexibility index (Phi) is 5.33. The monoisotopic (exact) mass is 443 g/mol. The van der Waals surface area contributed by atoms with Crippen LogP contribution in [-0.4, -0.2) is 35.1 Å². The van der Waals surface area contributed by atoms with Gasteiger partial charge in [0.05, 0.1) is 5.69 Å². The minimum atomic E-state index is -1.28. The number of ketones is 1. The molecule has 0 radical (unpaired) electrons. The fraction of sp³-hybridized carbons (Fsp3) is 0.200. The number of benzene rings is 2. The Morgan fingerprint density at radius 2 is 1.75 bits per heavy atom. The molecule has 7 nitrogen and oxygen atoms in total. The molecule has 0 aromatic heterocycles. The minimum Gasteiger partial charge on any atom is -0.324 e. The summed E-state index contributed by atoms with van der Waals surface area (Å²) in [7, 11) is 0. The number of hydrogen-bond acceptors (Lipinski definition) is 4. The number of carbonyl (C=O) groups is 4. The maximum atomic E-state index is 12.9. The zero-order valence-electron chi connectivity index (χ0n) is 15.3. The number of Topliss-reactive ketones (excluding diaryl/α,β-unsaturated/α-hetero) is 1. The molecule has 0 saturated carbocycles. The molecule has 144 valence electrons. The van der Waals surface area contributed by atoms with Gasteiger partial charge in [0.2, 0.25) is 5.91 Å². The first-order chi connectivity index (χ1) is 13.2. The summed E-state index contributed by atoms with van der Waals surface area (Å²) in [5.41, 5.74) is -0.000666. The Hall–Kier alpha value is -3.00. The van der Waals surface area contributed by atoms with Crippen LogP contribution in [0.1, 0.15) is 29.8 Å². The molecule has 4 amide bonds. The van der Waals surface area contributed by atoms with Crippen molar-refractivity contribution in [2.24, 2.45) is 0 Å². The quantitative estimate of drug-likeness (QED) is 0.548. The average molecular weight is 444 g/mol. The van der Waals surface area contributed by atoms with Crippen LogP contribution in [0.15, 0.2) is 53.0 Å². The second-order valence-corrected chi connectivity index (χ2v) is 7.43. The van der Waals surface area contributed by atoms with Crippen LogP contribution in [-0.2, 0) is 15.1 Å². The van der Waals surface area contributed by atoms with E-state index in [4.69, 9.17) is 0 Å². The number of carbonyl (C=O) groups excluding carboxylic acids is 4. The van der Waals surface area contributed by atoms with Gasteiger partial charge in [-0.1, -0.05) is 46.3 Å². The van der Waals surface area contributed by atoms with Crippen molar-refractivity contribution in [2.75, 3.05) is 11.9 Å². The molecule has 3 rings (SSSR count). The highest BCUT2D eigenvalue weighted by atomic mass is 79.9. The predicted octanol–water partition coefficient (Wildman–Crippen LogP) is 3.06. The number of halogens is 1. The highest BCUT2D eigenvalue weighted by Crippen LogP contribution is 2.33. The number of rotatable bonds is 5. The highest BCUT2D eigenvalue weighted by Gasteiger charge is 2.50. The molecule has 1 aliphatic rings. The summed E-state index contributed by atoms with van der Waals surface area (Å²) in [5, 5.41) is 5.25. The molecule has 0 unspecified atom stereocenters. The number of para-hydroxylation sites is 1. The molecular formula is C20H18BrN3O4. The summed E-state index contributed by atoms with van der Waals surface area (Å²) >= 11 is 3.39. The van der Waals surface area contributed by atoms with Crippen LogP contribution in [0.3, 0.4) is 0 Å². The molecule has 0 bridgehead atoms. The van der Waals surface area contributed by atoms with Gasteiger partial charge in [-0.25, -0.2) is 4.79 Å². The lowest BCUT2D eigenvalue weighted by atomic mass is 9.92. The smallest absolute Gasteiger partial charge is 0.324 e. The normalized spacial score (nSPS) is 18.8. The van der Waals surface area contributed by atoms with Crippen LogP contribution in [0.2, 0.25) is 0 Å². The fourth-order valence-corrected chi connectivity index (χ4v) is 3.80. The van der Waals surface area contributed by atoms with Gasteiger partial charge in [-0.15, -0.1) is 0 Å². The zero-order chi connectivity index (χ0) is 20.5. The van der Waals surface area contributed by atoms with Crippen molar-refractivity contribution in [2.45, 2.75) is 19.4 Å². The number of imide groups is 1. The van der Waals surface area contributed by atoms with E-state index >= 15 is 0 Å². The van der Waals surface area contributed by atoms with Crippen molar-refractivity contribution in [1.82, 2.24) is 10.2 Å². The van der Waals surface area contributed by atoms with Crippen LogP contribution in [0.25, 0.3) is 0 Å². The molecular weight excluding hydrogens is 426 g/mol. The predicted molar refractivity (Wildman–Crippen MR) is 107 cm³/mol. The second kappa shape index (κ2) is 7.55. The minimum absolute atomic E-state index is 0.201. The Bertz CT molecular complexity index is 991. The van der Waals surface area contributed by atoms with Crippen molar-refractivity contribution >= 4 is 45.2 Å². The molecule has 2 aromatic rings. The lowest BCUT2D eigenvalue weighted by molar-refractivity contribution is -0.133. The van der Waals surface area contributed by atoms with E-state index < -0.39 is 29.9 Å². The molecule has 1 atom stereocenters. The third kappa shape index (κ3) is 3.55. The fourth-order valence-electron chi connectivity index (χ4n) is 3.12. The van der Waals surface area contributed by atoms with Crippen LogP contribution in [0.4, 0.5) is 10.5 Å². The lowest BCUT2D eigenvalue weighted by Crippen LogP contribution is -2.42. The van der Waals surface area contributed by atoms with Crippen molar-refractivity contribution < 1.29 is 19.2 Å². The van der Waals surface area contributed by atoms with E-state index in [2.05, 4.69) is 26.6 Å². The van der Waals surface area contributed by atoms with Gasteiger partial charge in [0.25, 0.3) is 5.91 Å². The van der Waals surface area contributed by atoms with Crippen LogP contribution < -0.4 is 10.6 Å². The lowest BCUT2D eigenvalue weighted by Gasteiger charge is -2.23. The number of amides is 4. The standard InChI is InChI=1S/C20H18BrN3O4/c1-12(25)13-7-3-6-10-16(13)22-17(26)11-24-18(27)20(2,23-19(24)28)14-8-4-5-9-15(14)21/h3-10H,11H2,1-2H3,(H,22,26)(H,23,28)/t20-/m0/s1. The van der Waals surface area contributed by atoms with Gasteiger partial charge in [0.15, 0.2) is 5.78 Å². The SMILES string of the molecule is CC(=O)c1ccccc1NC(=O)CN1C(=O)N[C@@](C)(c2ccccc2Br)C1=O. The Balaban J connectivity index is 1.79. The molecule has 1 aliphatic heterocycles. The number of anilines is 1. The van der Waals surface area contributed by atoms with Crippen molar-refractivity contribution in [3.8, 4) is 0 Å².